The summed E-state index contributed by atoms with van der Waals surface area (Å²) in [7, 11) is 0. The van der Waals surface area contributed by atoms with Gasteiger partial charge in [0.2, 0.25) is 0 Å². The molecule has 0 fully saturated rings. The van der Waals surface area contributed by atoms with Crippen LogP contribution in [-0.4, -0.2) is 14.1 Å². The van der Waals surface area contributed by atoms with Crippen LogP contribution in [0.25, 0.3) is 10.2 Å². The fourth-order valence-electron chi connectivity index (χ4n) is 1.73. The van der Waals surface area contributed by atoms with Crippen LogP contribution in [0.15, 0.2) is 51.4 Å². The van der Waals surface area contributed by atoms with Crippen LogP contribution in [0.3, 0.4) is 0 Å². The van der Waals surface area contributed by atoms with E-state index in [2.05, 4.69) is 11.1 Å². The number of nitrogens with two attached hydrogens (primary N) is 1. The Labute approximate surface area is 122 Å². The molecule has 0 saturated heterocycles. The lowest BCUT2D eigenvalue weighted by atomic mass is 10.1. The van der Waals surface area contributed by atoms with Gasteiger partial charge in [-0.1, -0.05) is 30.0 Å². The number of hydrogen-bond acceptors (Lipinski definition) is 5. The Kier molecular flexibility index (Phi) is 3.54. The number of benzene rings is 1. The Morgan fingerprint density at radius 2 is 2.16 bits per heavy atom. The van der Waals surface area contributed by atoms with Crippen molar-refractivity contribution in [1.29, 1.82) is 0 Å². The predicted octanol–water partition coefficient (Wildman–Crippen LogP) is 2.90. The molecule has 19 heavy (non-hydrogen) atoms. The van der Waals surface area contributed by atoms with Gasteiger partial charge < -0.3 is 5.73 Å². The van der Waals surface area contributed by atoms with Crippen LogP contribution < -0.4 is 5.73 Å². The number of allylic oxidation sites excluding steroid dienone is 2. The largest absolute Gasteiger partial charge is 0.398 e. The molecule has 0 spiro atoms. The normalized spacial score (nSPS) is 15.3. The Bertz CT molecular complexity index is 721. The molecule has 0 aliphatic heterocycles. The van der Waals surface area contributed by atoms with E-state index in [1.807, 2.05) is 30.4 Å². The first-order valence-corrected chi connectivity index (χ1v) is 8.00. The zero-order chi connectivity index (χ0) is 13.2. The smallest absolute Gasteiger partial charge is 0.155 e. The minimum atomic E-state index is 0.527. The molecular weight excluding hydrogens is 296 g/mol. The van der Waals surface area contributed by atoms with E-state index in [-0.39, 0.29) is 0 Å². The fourth-order valence-corrected chi connectivity index (χ4v) is 4.26. The van der Waals surface area contributed by atoms with Crippen LogP contribution in [0.1, 0.15) is 6.42 Å². The highest BCUT2D eigenvalue weighted by Crippen LogP contribution is 2.36. The van der Waals surface area contributed by atoms with Gasteiger partial charge in [-0.05, 0) is 18.2 Å². The summed E-state index contributed by atoms with van der Waals surface area (Å²) in [5, 5.41) is 0. The Hall–Kier alpha value is -1.37. The molecule has 3 rings (SSSR count). The van der Waals surface area contributed by atoms with Crippen LogP contribution in [-0.2, 0) is 11.3 Å². The fraction of sp³-hybridized carbons (Fsp3) is 0.0769. The SMILES string of the molecule is NC1=CCC(=S=O)C=C1Sc1nc2ccccc2s1. The van der Waals surface area contributed by atoms with Gasteiger partial charge in [0, 0.05) is 17.0 Å². The highest BCUT2D eigenvalue weighted by Gasteiger charge is 2.13. The number of rotatable bonds is 2. The first-order chi connectivity index (χ1) is 9.26. The van der Waals surface area contributed by atoms with E-state index in [0.29, 0.717) is 17.7 Å². The Morgan fingerprint density at radius 3 is 2.95 bits per heavy atom. The quantitative estimate of drug-likeness (QED) is 0.867. The van der Waals surface area contributed by atoms with E-state index in [9.17, 15) is 4.21 Å². The molecule has 1 aromatic heterocycles. The van der Waals surface area contributed by atoms with Crippen molar-refractivity contribution in [3.63, 3.8) is 0 Å². The van der Waals surface area contributed by atoms with Gasteiger partial charge in [0.05, 0.1) is 26.3 Å². The molecule has 0 bridgehead atoms. The van der Waals surface area contributed by atoms with Gasteiger partial charge in [-0.3, -0.25) is 0 Å². The summed E-state index contributed by atoms with van der Waals surface area (Å²) >= 11 is 3.68. The molecule has 2 aromatic rings. The molecule has 0 atom stereocenters. The van der Waals surface area contributed by atoms with Gasteiger partial charge in [0.1, 0.15) is 0 Å². The zero-order valence-corrected chi connectivity index (χ0v) is 12.3. The summed E-state index contributed by atoms with van der Waals surface area (Å²) in [6.07, 6.45) is 4.38. The molecule has 0 unspecified atom stereocenters. The zero-order valence-electron chi connectivity index (χ0n) is 9.83. The monoisotopic (exact) mass is 306 g/mol. The molecular formula is C13H10N2OS3. The van der Waals surface area contributed by atoms with E-state index >= 15 is 0 Å². The van der Waals surface area contributed by atoms with Crippen molar-refractivity contribution >= 4 is 49.4 Å². The van der Waals surface area contributed by atoms with Gasteiger partial charge in [-0.25, -0.2) is 9.19 Å². The number of thioether (sulfide) groups is 1. The van der Waals surface area contributed by atoms with Gasteiger partial charge >= 0.3 is 0 Å². The first kappa shape index (κ1) is 12.7. The molecule has 1 aliphatic rings. The maximum Gasteiger partial charge on any atom is 0.155 e. The van der Waals surface area contributed by atoms with Gasteiger partial charge in [-0.15, -0.1) is 11.3 Å². The van der Waals surface area contributed by atoms with E-state index in [1.165, 1.54) is 11.8 Å². The third-order valence-electron chi connectivity index (χ3n) is 2.68. The van der Waals surface area contributed by atoms with Crippen molar-refractivity contribution in [2.45, 2.75) is 10.8 Å². The van der Waals surface area contributed by atoms with E-state index in [4.69, 9.17) is 5.73 Å². The molecule has 1 heterocycles. The number of aromatic nitrogens is 1. The average Bonchev–Trinajstić information content (AvgIpc) is 2.83. The van der Waals surface area contributed by atoms with Gasteiger partial charge in [0.25, 0.3) is 0 Å². The molecule has 96 valence electrons. The number of nitrogens with zero attached hydrogens (tertiary/aromatic N) is 1. The van der Waals surface area contributed by atoms with Crippen LogP contribution in [0.5, 0.6) is 0 Å². The molecule has 1 aliphatic carbocycles. The number of hydrogen-bond donors (Lipinski definition) is 1. The maximum absolute atomic E-state index is 10.9. The van der Waals surface area contributed by atoms with Gasteiger partial charge in [0.15, 0.2) is 4.34 Å². The third kappa shape index (κ3) is 2.65. The second kappa shape index (κ2) is 5.32. The Morgan fingerprint density at radius 1 is 1.32 bits per heavy atom. The second-order valence-electron chi connectivity index (χ2n) is 3.97. The van der Waals surface area contributed by atoms with Crippen LogP contribution >= 0.6 is 23.1 Å². The summed E-state index contributed by atoms with van der Waals surface area (Å²) in [6, 6.07) is 8.03. The highest BCUT2D eigenvalue weighted by molar-refractivity contribution is 8.05. The van der Waals surface area contributed by atoms with Crippen molar-refractivity contribution in [3.8, 4) is 0 Å². The summed E-state index contributed by atoms with van der Waals surface area (Å²) in [5.41, 5.74) is 7.68. The maximum atomic E-state index is 10.9. The summed E-state index contributed by atoms with van der Waals surface area (Å²) in [4.78, 5) is 6.25. The average molecular weight is 306 g/mol. The number of fused-ring (bicyclic) bond motifs is 1. The standard InChI is InChI=1S/C13H10N2OS3/c14-9-6-5-8(19-16)7-12(9)18-13-15-10-3-1-2-4-11(10)17-13/h1-4,6-7H,5,14H2. The Balaban J connectivity index is 1.94. The van der Waals surface area contributed by atoms with E-state index in [1.54, 1.807) is 11.3 Å². The minimum Gasteiger partial charge on any atom is -0.398 e. The predicted molar refractivity (Wildman–Crippen MR) is 83.6 cm³/mol. The van der Waals surface area contributed by atoms with Crippen LogP contribution in [0.4, 0.5) is 0 Å². The third-order valence-corrected chi connectivity index (χ3v) is 5.35. The number of thiazole rings is 1. The molecule has 6 heteroatoms. The lowest BCUT2D eigenvalue weighted by molar-refractivity contribution is 0.701. The van der Waals surface area contributed by atoms with E-state index < -0.39 is 0 Å². The molecule has 1 aromatic carbocycles. The van der Waals surface area contributed by atoms with Crippen molar-refractivity contribution < 1.29 is 4.21 Å². The minimum absolute atomic E-state index is 0.527. The summed E-state index contributed by atoms with van der Waals surface area (Å²) in [6.45, 7) is 0. The molecule has 0 radical (unpaired) electrons. The van der Waals surface area contributed by atoms with Gasteiger partial charge in [-0.2, -0.15) is 0 Å². The van der Waals surface area contributed by atoms with Crippen molar-refractivity contribution in [1.82, 2.24) is 4.98 Å². The second-order valence-corrected chi connectivity index (χ2v) is 6.98. The van der Waals surface area contributed by atoms with Crippen LogP contribution in [0.2, 0.25) is 0 Å². The van der Waals surface area contributed by atoms with Crippen molar-refractivity contribution in [2.24, 2.45) is 5.73 Å². The summed E-state index contributed by atoms with van der Waals surface area (Å²) < 4.78 is 13.0. The van der Waals surface area contributed by atoms with Crippen molar-refractivity contribution in [2.75, 3.05) is 0 Å². The molecule has 0 amide bonds. The molecule has 2 N–H and O–H groups in total. The first-order valence-electron chi connectivity index (χ1n) is 5.63. The molecule has 0 saturated carbocycles. The lowest BCUT2D eigenvalue weighted by Crippen LogP contribution is -2.07. The van der Waals surface area contributed by atoms with Crippen molar-refractivity contribution in [3.05, 3.63) is 47.0 Å². The lowest BCUT2D eigenvalue weighted by Gasteiger charge is -2.10. The molecule has 3 nitrogen and oxygen atoms in total. The summed E-state index contributed by atoms with van der Waals surface area (Å²) in [5.74, 6) is 0. The number of para-hydroxylation sites is 1. The highest BCUT2D eigenvalue weighted by atomic mass is 32.2. The van der Waals surface area contributed by atoms with Crippen LogP contribution in [0, 0.1) is 0 Å². The topological polar surface area (TPSA) is 56.0 Å². The van der Waals surface area contributed by atoms with E-state index in [0.717, 1.165) is 30.0 Å².